The number of methoxy groups -OCH3 is 2. The van der Waals surface area contributed by atoms with E-state index in [2.05, 4.69) is 9.47 Å². The molecule has 0 amide bonds. The number of hydrogen-bond donors (Lipinski definition) is 0. The molecule has 0 aliphatic heterocycles. The van der Waals surface area contributed by atoms with Crippen LogP contribution in [0.1, 0.15) is 19.3 Å². The van der Waals surface area contributed by atoms with Crippen molar-refractivity contribution in [1.82, 2.24) is 0 Å². The molecule has 4 saturated carbocycles. The van der Waals surface area contributed by atoms with Crippen LogP contribution in [0.25, 0.3) is 0 Å². The maximum Gasteiger partial charge on any atom is 0.309 e. The largest absolute Gasteiger partial charge is 0.469 e. The molecule has 126 valence electrons. The van der Waals surface area contributed by atoms with Crippen molar-refractivity contribution in [2.75, 3.05) is 14.2 Å². The van der Waals surface area contributed by atoms with Crippen molar-refractivity contribution < 1.29 is 33.0 Å². The monoisotopic (exact) mass is 326 g/mol. The number of fused-ring (bicyclic) bond motifs is 2. The molecule has 6 nitrogen and oxygen atoms in total. The predicted molar refractivity (Wildman–Crippen MR) is 73.7 cm³/mol. The number of rotatable bonds is 2. The van der Waals surface area contributed by atoms with Crippen LogP contribution in [-0.4, -0.2) is 43.9 Å². The molecule has 0 aromatic heterocycles. The summed E-state index contributed by atoms with van der Waals surface area (Å²) in [6, 6.07) is 0. The summed E-state index contributed by atoms with van der Waals surface area (Å²) in [7, 11) is 2.66. The van der Waals surface area contributed by atoms with Gasteiger partial charge in [0, 0.05) is 18.3 Å². The van der Waals surface area contributed by atoms with Gasteiger partial charge in [0.1, 0.15) is 5.78 Å². The van der Waals surface area contributed by atoms with Gasteiger partial charge in [-0.25, -0.2) is 4.39 Å². The van der Waals surface area contributed by atoms with Gasteiger partial charge in [-0.05, 0) is 24.7 Å². The van der Waals surface area contributed by atoms with E-state index < -0.39 is 12.0 Å². The Hall–Kier alpha value is -1.79. The third-order valence-corrected chi connectivity index (χ3v) is 5.50. The molecule has 4 aliphatic rings. The third-order valence-electron chi connectivity index (χ3n) is 5.50. The van der Waals surface area contributed by atoms with Crippen molar-refractivity contribution in [3.05, 3.63) is 0 Å². The fourth-order valence-electron chi connectivity index (χ4n) is 4.18. The second-order valence-electron chi connectivity index (χ2n) is 6.59. The van der Waals surface area contributed by atoms with Gasteiger partial charge >= 0.3 is 11.9 Å². The summed E-state index contributed by atoms with van der Waals surface area (Å²) in [5, 5.41) is 0. The fraction of sp³-hybridized carbons (Fsp3) is 0.750. The van der Waals surface area contributed by atoms with Gasteiger partial charge in [0.2, 0.25) is 0 Å². The lowest BCUT2D eigenvalue weighted by molar-refractivity contribution is -0.144. The average molecular weight is 326 g/mol. The minimum Gasteiger partial charge on any atom is -0.469 e. The molecule has 7 unspecified atom stereocenters. The van der Waals surface area contributed by atoms with Gasteiger partial charge in [-0.2, -0.15) is 0 Å². The summed E-state index contributed by atoms with van der Waals surface area (Å²) in [5.41, 5.74) is 0. The number of hydrogen-bond acceptors (Lipinski definition) is 6. The molecular weight excluding hydrogens is 307 g/mol. The molecular formula is C16H19FO6. The van der Waals surface area contributed by atoms with E-state index in [1.807, 2.05) is 0 Å². The van der Waals surface area contributed by atoms with Crippen LogP contribution in [0, 0.1) is 35.5 Å². The highest BCUT2D eigenvalue weighted by atomic mass is 19.1. The summed E-state index contributed by atoms with van der Waals surface area (Å²) in [6.07, 6.45) is 0.441. The van der Waals surface area contributed by atoms with Gasteiger partial charge in [-0.3, -0.25) is 19.2 Å². The van der Waals surface area contributed by atoms with E-state index in [-0.39, 0.29) is 53.7 Å². The summed E-state index contributed by atoms with van der Waals surface area (Å²) < 4.78 is 21.7. The standard InChI is InChI=1S/C8H9FO3.C8H10O3/c1-12-8(11)6-3-2-4(9)7(10)5(3)6;1-11-8(10)7-4-2-3-5(9)6(4)7/h3-6H,2H2,1H3;4,6-7H,2-3H2,1H3. The van der Waals surface area contributed by atoms with Crippen molar-refractivity contribution in [2.24, 2.45) is 35.5 Å². The summed E-state index contributed by atoms with van der Waals surface area (Å²) in [5.74, 6) is -1.22. The summed E-state index contributed by atoms with van der Waals surface area (Å²) in [6.45, 7) is 0. The van der Waals surface area contributed by atoms with Gasteiger partial charge in [0.15, 0.2) is 12.0 Å². The van der Waals surface area contributed by atoms with E-state index >= 15 is 0 Å². The van der Waals surface area contributed by atoms with Crippen molar-refractivity contribution >= 4 is 23.5 Å². The first-order chi connectivity index (χ1) is 10.9. The molecule has 0 radical (unpaired) electrons. The quantitative estimate of drug-likeness (QED) is 0.695. The Kier molecular flexibility index (Phi) is 3.98. The SMILES string of the molecule is COC(=O)C1C2CC(F)C(=O)C21.COC(=O)C1C2CCC(=O)C21. The Morgan fingerprint density at radius 2 is 1.57 bits per heavy atom. The number of alkyl halides is 1. The van der Waals surface area contributed by atoms with E-state index in [1.54, 1.807) is 0 Å². The lowest BCUT2D eigenvalue weighted by Gasteiger charge is -2.02. The predicted octanol–water partition coefficient (Wildman–Crippen LogP) is 0.717. The molecule has 4 rings (SSSR count). The maximum absolute atomic E-state index is 12.6. The van der Waals surface area contributed by atoms with E-state index in [4.69, 9.17) is 0 Å². The number of Topliss-reactive ketones (excluding diaryl/α,β-unsaturated/α-hetero) is 2. The number of esters is 2. The van der Waals surface area contributed by atoms with E-state index in [0.717, 1.165) is 6.42 Å². The molecule has 7 heteroatoms. The molecule has 0 bridgehead atoms. The van der Waals surface area contributed by atoms with Crippen LogP contribution in [-0.2, 0) is 28.7 Å². The number of halogens is 1. The third kappa shape index (κ3) is 2.56. The molecule has 4 fully saturated rings. The van der Waals surface area contributed by atoms with Crippen molar-refractivity contribution in [3.63, 3.8) is 0 Å². The zero-order chi connectivity index (χ0) is 16.9. The van der Waals surface area contributed by atoms with Crippen LogP contribution in [0.3, 0.4) is 0 Å². The number of carbonyl (C=O) groups excluding carboxylic acids is 4. The number of ether oxygens (including phenoxy) is 2. The minimum atomic E-state index is -1.33. The van der Waals surface area contributed by atoms with Gasteiger partial charge in [-0.15, -0.1) is 0 Å². The lowest BCUT2D eigenvalue weighted by Crippen LogP contribution is -2.18. The minimum absolute atomic E-state index is 0.0300. The van der Waals surface area contributed by atoms with Crippen molar-refractivity contribution in [1.29, 1.82) is 0 Å². The van der Waals surface area contributed by atoms with Crippen molar-refractivity contribution in [2.45, 2.75) is 25.4 Å². The average Bonchev–Trinajstić information content (AvgIpc) is 3.38. The Labute approximate surface area is 132 Å². The van der Waals surface area contributed by atoms with Crippen LogP contribution in [0.4, 0.5) is 4.39 Å². The first-order valence-corrected chi connectivity index (χ1v) is 7.78. The van der Waals surface area contributed by atoms with Crippen LogP contribution in [0.15, 0.2) is 0 Å². The summed E-state index contributed by atoms with van der Waals surface area (Å²) >= 11 is 0. The highest BCUT2D eigenvalue weighted by Crippen LogP contribution is 2.57. The normalized spacial score (nSPS) is 42.1. The lowest BCUT2D eigenvalue weighted by atomic mass is 10.1. The first kappa shape index (κ1) is 16.1. The van der Waals surface area contributed by atoms with Gasteiger partial charge in [-0.1, -0.05) is 0 Å². The Morgan fingerprint density at radius 1 is 1.00 bits per heavy atom. The second-order valence-corrected chi connectivity index (χ2v) is 6.59. The molecule has 0 saturated heterocycles. The van der Waals surface area contributed by atoms with Gasteiger partial charge < -0.3 is 9.47 Å². The molecule has 23 heavy (non-hydrogen) atoms. The van der Waals surface area contributed by atoms with Gasteiger partial charge in [0.25, 0.3) is 0 Å². The van der Waals surface area contributed by atoms with E-state index in [9.17, 15) is 23.6 Å². The van der Waals surface area contributed by atoms with Crippen molar-refractivity contribution in [3.8, 4) is 0 Å². The summed E-state index contributed by atoms with van der Waals surface area (Å²) in [4.78, 5) is 43.9. The molecule has 0 spiro atoms. The van der Waals surface area contributed by atoms with Crippen LogP contribution >= 0.6 is 0 Å². The Morgan fingerprint density at radius 3 is 1.96 bits per heavy atom. The molecule has 0 aromatic carbocycles. The molecule has 0 aromatic rings. The van der Waals surface area contributed by atoms with Crippen LogP contribution in [0.5, 0.6) is 0 Å². The number of ketones is 2. The fourth-order valence-corrected chi connectivity index (χ4v) is 4.18. The van der Waals surface area contributed by atoms with E-state index in [0.29, 0.717) is 12.3 Å². The highest BCUT2D eigenvalue weighted by molar-refractivity contribution is 5.97. The zero-order valence-electron chi connectivity index (χ0n) is 13.0. The topological polar surface area (TPSA) is 86.7 Å². The first-order valence-electron chi connectivity index (χ1n) is 7.78. The van der Waals surface area contributed by atoms with Crippen LogP contribution in [0.2, 0.25) is 0 Å². The molecule has 7 atom stereocenters. The maximum atomic E-state index is 12.6. The number of carbonyl (C=O) groups is 4. The Bertz CT molecular complexity index is 569. The smallest absolute Gasteiger partial charge is 0.309 e. The highest BCUT2D eigenvalue weighted by Gasteiger charge is 2.66. The van der Waals surface area contributed by atoms with Crippen LogP contribution < -0.4 is 0 Å². The zero-order valence-corrected chi connectivity index (χ0v) is 13.0. The Balaban J connectivity index is 0.000000136. The second kappa shape index (κ2) is 5.69. The van der Waals surface area contributed by atoms with E-state index in [1.165, 1.54) is 14.2 Å². The molecule has 4 aliphatic carbocycles. The molecule has 0 heterocycles. The molecule has 0 N–H and O–H groups in total. The van der Waals surface area contributed by atoms with Gasteiger partial charge in [0.05, 0.1) is 26.1 Å².